The van der Waals surface area contributed by atoms with Crippen LogP contribution >= 0.6 is 0 Å². The molecule has 1 aromatic carbocycles. The van der Waals surface area contributed by atoms with Crippen molar-refractivity contribution in [3.05, 3.63) is 35.4 Å². The molecule has 6 nitrogen and oxygen atoms in total. The molecule has 0 radical (unpaired) electrons. The molecule has 0 bridgehead atoms. The molecular formula is C23H34N2O4. The number of fused-ring (bicyclic) bond motifs is 1. The maximum Gasteiger partial charge on any atom is 0.254 e. The van der Waals surface area contributed by atoms with Crippen molar-refractivity contribution < 1.29 is 19.1 Å². The van der Waals surface area contributed by atoms with Crippen LogP contribution in [0.2, 0.25) is 0 Å². The van der Waals surface area contributed by atoms with Crippen LogP contribution in [0, 0.1) is 0 Å². The third kappa shape index (κ3) is 4.48. The molecule has 160 valence electrons. The van der Waals surface area contributed by atoms with E-state index in [1.807, 2.05) is 36.1 Å². The van der Waals surface area contributed by atoms with Gasteiger partial charge in [-0.3, -0.25) is 9.59 Å². The van der Waals surface area contributed by atoms with Crippen LogP contribution in [0.5, 0.6) is 0 Å². The Kier molecular flexibility index (Phi) is 7.67. The number of carbonyl (C=O) groups is 2. The minimum Gasteiger partial charge on any atom is -0.383 e. The molecule has 1 aliphatic heterocycles. The third-order valence-electron chi connectivity index (χ3n) is 6.29. The molecule has 0 unspecified atom stereocenters. The van der Waals surface area contributed by atoms with Crippen molar-refractivity contribution in [2.45, 2.75) is 56.9 Å². The maximum atomic E-state index is 13.5. The van der Waals surface area contributed by atoms with Crippen LogP contribution in [0.25, 0.3) is 0 Å². The maximum absolute atomic E-state index is 13.5. The van der Waals surface area contributed by atoms with Gasteiger partial charge in [0.05, 0.1) is 18.1 Å². The SMILES string of the molecule is CCOCCCNC(=O)[C@H]1c2ccccc2C(=O)N(CCOC)C12CCCCC2. The monoisotopic (exact) mass is 402 g/mol. The van der Waals surface area contributed by atoms with Crippen LogP contribution in [0.3, 0.4) is 0 Å². The Hall–Kier alpha value is -1.92. The number of methoxy groups -OCH3 is 1. The number of benzene rings is 1. The molecule has 1 fully saturated rings. The Morgan fingerprint density at radius 1 is 1.21 bits per heavy atom. The Bertz CT molecular complexity index is 700. The van der Waals surface area contributed by atoms with E-state index in [9.17, 15) is 9.59 Å². The molecule has 2 amide bonds. The summed E-state index contributed by atoms with van der Waals surface area (Å²) in [6.45, 7) is 4.86. The molecule has 0 aromatic heterocycles. The minimum absolute atomic E-state index is 0.0192. The van der Waals surface area contributed by atoms with Gasteiger partial charge in [-0.05, 0) is 37.8 Å². The summed E-state index contributed by atoms with van der Waals surface area (Å²) in [5, 5.41) is 3.13. The topological polar surface area (TPSA) is 67.9 Å². The second kappa shape index (κ2) is 10.2. The molecular weight excluding hydrogens is 368 g/mol. The zero-order valence-corrected chi connectivity index (χ0v) is 17.7. The summed E-state index contributed by atoms with van der Waals surface area (Å²) in [4.78, 5) is 28.8. The molecule has 1 saturated carbocycles. The molecule has 3 rings (SSSR count). The fourth-order valence-corrected chi connectivity index (χ4v) is 4.98. The van der Waals surface area contributed by atoms with Gasteiger partial charge >= 0.3 is 0 Å². The van der Waals surface area contributed by atoms with E-state index >= 15 is 0 Å². The summed E-state index contributed by atoms with van der Waals surface area (Å²) in [6, 6.07) is 7.62. The molecule has 1 atom stereocenters. The van der Waals surface area contributed by atoms with Gasteiger partial charge in [-0.1, -0.05) is 37.5 Å². The number of nitrogens with zero attached hydrogens (tertiary/aromatic N) is 1. The average molecular weight is 403 g/mol. The fourth-order valence-electron chi connectivity index (χ4n) is 4.98. The number of amides is 2. The number of hydrogen-bond donors (Lipinski definition) is 1. The largest absolute Gasteiger partial charge is 0.383 e. The van der Waals surface area contributed by atoms with E-state index in [4.69, 9.17) is 9.47 Å². The average Bonchev–Trinajstić information content (AvgIpc) is 2.74. The van der Waals surface area contributed by atoms with Crippen molar-refractivity contribution in [1.82, 2.24) is 10.2 Å². The molecule has 0 saturated heterocycles. The Morgan fingerprint density at radius 2 is 1.97 bits per heavy atom. The van der Waals surface area contributed by atoms with Crippen LogP contribution in [0.1, 0.15) is 67.3 Å². The summed E-state index contributed by atoms with van der Waals surface area (Å²) in [5.41, 5.74) is 1.05. The summed E-state index contributed by atoms with van der Waals surface area (Å²) in [6.07, 6.45) is 5.72. The number of carbonyl (C=O) groups excluding carboxylic acids is 2. The van der Waals surface area contributed by atoms with Gasteiger partial charge in [0.15, 0.2) is 0 Å². The van der Waals surface area contributed by atoms with Crippen LogP contribution in [-0.2, 0) is 14.3 Å². The van der Waals surface area contributed by atoms with Gasteiger partial charge in [0.2, 0.25) is 5.91 Å². The van der Waals surface area contributed by atoms with E-state index in [0.29, 0.717) is 38.5 Å². The van der Waals surface area contributed by atoms with Crippen LogP contribution in [0.15, 0.2) is 24.3 Å². The third-order valence-corrected chi connectivity index (χ3v) is 6.29. The molecule has 1 aliphatic carbocycles. The van der Waals surface area contributed by atoms with Crippen molar-refractivity contribution in [2.24, 2.45) is 0 Å². The van der Waals surface area contributed by atoms with Crippen LogP contribution in [-0.4, -0.2) is 62.3 Å². The molecule has 2 aliphatic rings. The lowest BCUT2D eigenvalue weighted by molar-refractivity contribution is -0.127. The van der Waals surface area contributed by atoms with E-state index in [1.165, 1.54) is 0 Å². The first-order valence-corrected chi connectivity index (χ1v) is 10.9. The second-order valence-corrected chi connectivity index (χ2v) is 7.98. The van der Waals surface area contributed by atoms with Gasteiger partial charge < -0.3 is 19.7 Å². The number of hydrogen-bond acceptors (Lipinski definition) is 4. The summed E-state index contributed by atoms with van der Waals surface area (Å²) < 4.78 is 10.7. The lowest BCUT2D eigenvalue weighted by Crippen LogP contribution is -2.63. The van der Waals surface area contributed by atoms with E-state index < -0.39 is 5.54 Å². The fraction of sp³-hybridized carbons (Fsp3) is 0.652. The highest BCUT2D eigenvalue weighted by Crippen LogP contribution is 2.49. The van der Waals surface area contributed by atoms with Crippen molar-refractivity contribution in [3.63, 3.8) is 0 Å². The molecule has 1 heterocycles. The molecule has 1 aromatic rings. The van der Waals surface area contributed by atoms with Gasteiger partial charge in [0, 0.05) is 39.0 Å². The first-order chi connectivity index (χ1) is 14.2. The lowest BCUT2D eigenvalue weighted by Gasteiger charge is -2.53. The second-order valence-electron chi connectivity index (χ2n) is 7.98. The van der Waals surface area contributed by atoms with Crippen LogP contribution in [0.4, 0.5) is 0 Å². The van der Waals surface area contributed by atoms with E-state index in [2.05, 4.69) is 5.32 Å². The van der Waals surface area contributed by atoms with E-state index in [1.54, 1.807) is 7.11 Å². The molecule has 1 spiro atoms. The standard InChI is InChI=1S/C23H34N2O4/c1-3-29-16-9-14-24-21(26)20-18-10-5-6-11-19(18)22(27)25(15-17-28-2)23(20)12-7-4-8-13-23/h5-6,10-11,20H,3-4,7-9,12-17H2,1-2H3,(H,24,26)/t20-/m1/s1. The summed E-state index contributed by atoms with van der Waals surface area (Å²) >= 11 is 0. The number of ether oxygens (including phenoxy) is 2. The lowest BCUT2D eigenvalue weighted by atomic mass is 9.65. The Labute approximate surface area is 173 Å². The normalized spacial score (nSPS) is 20.6. The van der Waals surface area contributed by atoms with Crippen molar-refractivity contribution in [1.29, 1.82) is 0 Å². The highest BCUT2D eigenvalue weighted by molar-refractivity contribution is 6.02. The molecule has 6 heteroatoms. The smallest absolute Gasteiger partial charge is 0.254 e. The zero-order valence-electron chi connectivity index (χ0n) is 17.7. The quantitative estimate of drug-likeness (QED) is 0.645. The zero-order chi connectivity index (χ0) is 20.7. The predicted molar refractivity (Wildman–Crippen MR) is 112 cm³/mol. The van der Waals surface area contributed by atoms with E-state index in [-0.39, 0.29) is 17.7 Å². The van der Waals surface area contributed by atoms with Gasteiger partial charge in [-0.2, -0.15) is 0 Å². The number of rotatable bonds is 9. The highest BCUT2D eigenvalue weighted by atomic mass is 16.5. The van der Waals surface area contributed by atoms with Crippen LogP contribution < -0.4 is 5.32 Å². The van der Waals surface area contributed by atoms with Crippen molar-refractivity contribution >= 4 is 11.8 Å². The molecule has 1 N–H and O–H groups in total. The van der Waals surface area contributed by atoms with Crippen molar-refractivity contribution in [2.75, 3.05) is 40.0 Å². The Balaban J connectivity index is 1.93. The van der Waals surface area contributed by atoms with Crippen molar-refractivity contribution in [3.8, 4) is 0 Å². The first-order valence-electron chi connectivity index (χ1n) is 10.9. The van der Waals surface area contributed by atoms with Gasteiger partial charge in [-0.15, -0.1) is 0 Å². The summed E-state index contributed by atoms with van der Waals surface area (Å²) in [7, 11) is 1.65. The van der Waals surface area contributed by atoms with E-state index in [0.717, 1.165) is 44.1 Å². The van der Waals surface area contributed by atoms with Gasteiger partial charge in [0.1, 0.15) is 0 Å². The first kappa shape index (κ1) is 21.8. The van der Waals surface area contributed by atoms with Gasteiger partial charge in [-0.25, -0.2) is 0 Å². The predicted octanol–water partition coefficient (Wildman–Crippen LogP) is 3.12. The minimum atomic E-state index is -0.466. The van der Waals surface area contributed by atoms with Gasteiger partial charge in [0.25, 0.3) is 5.91 Å². The Morgan fingerprint density at radius 3 is 2.69 bits per heavy atom. The number of nitrogens with one attached hydrogen (secondary N) is 1. The summed E-state index contributed by atoms with van der Waals surface area (Å²) in [5.74, 6) is -0.300. The molecule has 29 heavy (non-hydrogen) atoms. The highest BCUT2D eigenvalue weighted by Gasteiger charge is 2.54.